The van der Waals surface area contributed by atoms with E-state index in [0.29, 0.717) is 18.4 Å². The molecule has 0 amide bonds. The van der Waals surface area contributed by atoms with Crippen LogP contribution in [0.1, 0.15) is 61.6 Å². The van der Waals surface area contributed by atoms with Gasteiger partial charge in [0.15, 0.2) is 0 Å². The Morgan fingerprint density at radius 2 is 1.63 bits per heavy atom. The molecule has 0 radical (unpaired) electrons. The standard InChI is InChI=1S/C24H30O3/c1-15(19-7-6-18-4-2-3-5-20(18)13-19)23-14-25-24(27-26-23)21-9-16-8-17(11-21)12-22(24)10-16/h6-7,13,16-17,21-23H,1-5,8-12,14H2. The molecule has 1 aromatic rings. The molecule has 5 aliphatic carbocycles. The van der Waals surface area contributed by atoms with E-state index in [4.69, 9.17) is 14.5 Å². The Morgan fingerprint density at radius 1 is 0.926 bits per heavy atom. The highest BCUT2D eigenvalue weighted by Crippen LogP contribution is 2.60. The quantitative estimate of drug-likeness (QED) is 0.683. The Morgan fingerprint density at radius 3 is 2.30 bits per heavy atom. The van der Waals surface area contributed by atoms with Gasteiger partial charge < -0.3 is 4.74 Å². The summed E-state index contributed by atoms with van der Waals surface area (Å²) in [6, 6.07) is 6.79. The van der Waals surface area contributed by atoms with Crippen LogP contribution in [0.15, 0.2) is 24.8 Å². The number of ether oxygens (including phenoxy) is 1. The summed E-state index contributed by atoms with van der Waals surface area (Å²) in [5.41, 5.74) is 5.15. The zero-order valence-corrected chi connectivity index (χ0v) is 16.1. The van der Waals surface area contributed by atoms with Crippen LogP contribution in [0.3, 0.4) is 0 Å². The second kappa shape index (κ2) is 6.17. The fraction of sp³-hybridized carbons (Fsp3) is 0.667. The molecule has 6 aliphatic rings. The fourth-order valence-corrected chi connectivity index (χ4v) is 6.88. The average Bonchev–Trinajstić information content (AvgIpc) is 2.71. The van der Waals surface area contributed by atoms with E-state index in [-0.39, 0.29) is 6.10 Å². The van der Waals surface area contributed by atoms with E-state index >= 15 is 0 Å². The normalized spacial score (nSPS) is 42.3. The van der Waals surface area contributed by atoms with Gasteiger partial charge >= 0.3 is 0 Å². The van der Waals surface area contributed by atoms with Crippen LogP contribution in [-0.4, -0.2) is 18.5 Å². The van der Waals surface area contributed by atoms with E-state index in [1.165, 1.54) is 74.5 Å². The van der Waals surface area contributed by atoms with Crippen LogP contribution in [0, 0.1) is 23.7 Å². The Balaban J connectivity index is 1.18. The summed E-state index contributed by atoms with van der Waals surface area (Å²) in [4.78, 5) is 12.1. The molecule has 4 bridgehead atoms. The minimum absolute atomic E-state index is 0.200. The molecule has 1 heterocycles. The molecule has 4 saturated carbocycles. The van der Waals surface area contributed by atoms with Gasteiger partial charge in [-0.2, -0.15) is 4.89 Å². The first-order valence-corrected chi connectivity index (χ1v) is 11.0. The predicted molar refractivity (Wildman–Crippen MR) is 104 cm³/mol. The summed E-state index contributed by atoms with van der Waals surface area (Å²) < 4.78 is 6.50. The maximum Gasteiger partial charge on any atom is 0.207 e. The highest BCUT2D eigenvalue weighted by Gasteiger charge is 2.61. The van der Waals surface area contributed by atoms with Crippen molar-refractivity contribution in [2.24, 2.45) is 23.7 Å². The summed E-state index contributed by atoms with van der Waals surface area (Å²) in [5, 5.41) is 0. The molecule has 27 heavy (non-hydrogen) atoms. The number of benzene rings is 1. The molecule has 144 valence electrons. The Hall–Kier alpha value is -1.16. The van der Waals surface area contributed by atoms with E-state index in [2.05, 4.69) is 24.8 Å². The molecule has 3 nitrogen and oxygen atoms in total. The second-order valence-corrected chi connectivity index (χ2v) is 9.72. The number of hydrogen-bond acceptors (Lipinski definition) is 3. The van der Waals surface area contributed by atoms with Crippen LogP contribution in [0.25, 0.3) is 5.57 Å². The molecule has 1 aromatic carbocycles. The zero-order chi connectivity index (χ0) is 18.0. The van der Waals surface area contributed by atoms with Crippen LogP contribution >= 0.6 is 0 Å². The first-order valence-electron chi connectivity index (χ1n) is 11.0. The molecule has 0 N–H and O–H groups in total. The second-order valence-electron chi connectivity index (χ2n) is 9.72. The van der Waals surface area contributed by atoms with Crippen molar-refractivity contribution in [2.45, 2.75) is 69.7 Å². The lowest BCUT2D eigenvalue weighted by Crippen LogP contribution is -2.63. The van der Waals surface area contributed by atoms with E-state index in [1.54, 1.807) is 0 Å². The van der Waals surface area contributed by atoms with Crippen molar-refractivity contribution < 1.29 is 14.5 Å². The third-order valence-electron chi connectivity index (χ3n) is 8.14. The van der Waals surface area contributed by atoms with Gasteiger partial charge in [-0.05, 0) is 91.9 Å². The molecule has 1 aliphatic heterocycles. The fourth-order valence-electron chi connectivity index (χ4n) is 6.88. The van der Waals surface area contributed by atoms with Crippen molar-refractivity contribution in [1.82, 2.24) is 0 Å². The zero-order valence-electron chi connectivity index (χ0n) is 16.1. The van der Waals surface area contributed by atoms with E-state index < -0.39 is 5.79 Å². The Kier molecular flexibility index (Phi) is 3.83. The molecule has 1 atom stereocenters. The smallest absolute Gasteiger partial charge is 0.207 e. The van der Waals surface area contributed by atoms with Crippen molar-refractivity contribution in [2.75, 3.05) is 6.61 Å². The third-order valence-corrected chi connectivity index (χ3v) is 8.14. The van der Waals surface area contributed by atoms with Crippen molar-refractivity contribution in [3.8, 4) is 0 Å². The van der Waals surface area contributed by atoms with Gasteiger partial charge in [-0.1, -0.05) is 24.8 Å². The summed E-state index contributed by atoms with van der Waals surface area (Å²) in [6.45, 7) is 4.91. The Labute approximate surface area is 162 Å². The van der Waals surface area contributed by atoms with E-state index in [9.17, 15) is 0 Å². The number of hydrogen-bond donors (Lipinski definition) is 0. The van der Waals surface area contributed by atoms with Gasteiger partial charge in [-0.25, -0.2) is 4.89 Å². The third kappa shape index (κ3) is 2.58. The van der Waals surface area contributed by atoms with Gasteiger partial charge in [0.25, 0.3) is 0 Å². The van der Waals surface area contributed by atoms with Crippen molar-refractivity contribution >= 4 is 5.57 Å². The van der Waals surface area contributed by atoms with E-state index in [1.807, 2.05) is 0 Å². The predicted octanol–water partition coefficient (Wildman–Crippen LogP) is 5.08. The van der Waals surface area contributed by atoms with Crippen molar-refractivity contribution in [3.05, 3.63) is 41.5 Å². The number of rotatable bonds is 2. The minimum Gasteiger partial charge on any atom is -0.344 e. The van der Waals surface area contributed by atoms with Gasteiger partial charge in [0.1, 0.15) is 6.10 Å². The molecule has 1 spiro atoms. The number of aryl methyl sites for hydroxylation is 2. The van der Waals surface area contributed by atoms with Crippen molar-refractivity contribution in [3.63, 3.8) is 0 Å². The minimum atomic E-state index is -0.472. The topological polar surface area (TPSA) is 27.7 Å². The Bertz CT molecular complexity index is 729. The van der Waals surface area contributed by atoms with Gasteiger partial charge in [0.05, 0.1) is 6.61 Å². The van der Waals surface area contributed by atoms with Gasteiger partial charge in [-0.3, -0.25) is 0 Å². The lowest BCUT2D eigenvalue weighted by atomic mass is 9.53. The molecule has 7 rings (SSSR count). The summed E-state index contributed by atoms with van der Waals surface area (Å²) in [6.07, 6.45) is 11.3. The summed E-state index contributed by atoms with van der Waals surface area (Å²) >= 11 is 0. The molecule has 0 aromatic heterocycles. The van der Waals surface area contributed by atoms with Crippen LogP contribution < -0.4 is 0 Å². The summed E-state index contributed by atoms with van der Waals surface area (Å²) in [5.74, 6) is 2.36. The van der Waals surface area contributed by atoms with Crippen molar-refractivity contribution in [1.29, 1.82) is 0 Å². The largest absolute Gasteiger partial charge is 0.344 e. The SMILES string of the molecule is C=C(c1ccc2c(c1)CCCC2)C1COC2(OO1)C1CC3CC(C1)CC2C3. The molecule has 1 saturated heterocycles. The average molecular weight is 367 g/mol. The molecule has 5 fully saturated rings. The first-order chi connectivity index (χ1) is 13.2. The monoisotopic (exact) mass is 366 g/mol. The maximum absolute atomic E-state index is 6.50. The lowest BCUT2D eigenvalue weighted by molar-refractivity contribution is -0.517. The molecule has 1 unspecified atom stereocenters. The van der Waals surface area contributed by atoms with Crippen LogP contribution in [0.2, 0.25) is 0 Å². The number of fused-ring (bicyclic) bond motifs is 1. The first kappa shape index (κ1) is 16.8. The van der Waals surface area contributed by atoms with Crippen LogP contribution in [-0.2, 0) is 27.4 Å². The van der Waals surface area contributed by atoms with Gasteiger partial charge in [-0.15, -0.1) is 0 Å². The molecular formula is C24H30O3. The molecule has 3 heteroatoms. The highest BCUT2D eigenvalue weighted by molar-refractivity contribution is 5.68. The van der Waals surface area contributed by atoms with Crippen LogP contribution in [0.4, 0.5) is 0 Å². The highest BCUT2D eigenvalue weighted by atomic mass is 17.2. The van der Waals surface area contributed by atoms with E-state index in [0.717, 1.165) is 17.4 Å². The van der Waals surface area contributed by atoms with Gasteiger partial charge in [0, 0.05) is 11.8 Å². The summed E-state index contributed by atoms with van der Waals surface area (Å²) in [7, 11) is 0. The lowest BCUT2D eigenvalue weighted by Gasteiger charge is -2.60. The van der Waals surface area contributed by atoms with Gasteiger partial charge in [0.2, 0.25) is 5.79 Å². The molecular weight excluding hydrogens is 336 g/mol. The van der Waals surface area contributed by atoms with Crippen LogP contribution in [0.5, 0.6) is 0 Å². The maximum atomic E-state index is 6.50.